The van der Waals surface area contributed by atoms with Crippen LogP contribution < -0.4 is 0 Å². The molecule has 8 heteroatoms. The molecule has 30 heavy (non-hydrogen) atoms. The lowest BCUT2D eigenvalue weighted by atomic mass is 10.2. The van der Waals surface area contributed by atoms with E-state index in [-0.39, 0.29) is 5.91 Å². The van der Waals surface area contributed by atoms with E-state index in [1.807, 2.05) is 45.9 Å². The van der Waals surface area contributed by atoms with Gasteiger partial charge in [0.1, 0.15) is 5.76 Å². The van der Waals surface area contributed by atoms with Crippen molar-refractivity contribution in [2.75, 3.05) is 18.8 Å². The van der Waals surface area contributed by atoms with Crippen molar-refractivity contribution in [1.29, 1.82) is 0 Å². The third-order valence-electron chi connectivity index (χ3n) is 5.06. The van der Waals surface area contributed by atoms with E-state index in [1.54, 1.807) is 6.26 Å². The summed E-state index contributed by atoms with van der Waals surface area (Å²) >= 11 is 7.46. The summed E-state index contributed by atoms with van der Waals surface area (Å²) in [6.45, 7) is 4.29. The largest absolute Gasteiger partial charge is 0.467 e. The summed E-state index contributed by atoms with van der Waals surface area (Å²) in [5.74, 6) is 2.73. The maximum atomic E-state index is 12.8. The van der Waals surface area contributed by atoms with Gasteiger partial charge < -0.3 is 9.32 Å². The second-order valence-corrected chi connectivity index (χ2v) is 8.93. The Morgan fingerprint density at radius 2 is 2.07 bits per heavy atom. The lowest BCUT2D eigenvalue weighted by Gasteiger charge is -2.21. The highest BCUT2D eigenvalue weighted by molar-refractivity contribution is 7.99. The van der Waals surface area contributed by atoms with Crippen LogP contribution in [0.2, 0.25) is 5.02 Å². The molecule has 2 heterocycles. The van der Waals surface area contributed by atoms with Crippen LogP contribution in [0.1, 0.15) is 31.9 Å². The van der Waals surface area contributed by atoms with E-state index in [4.69, 9.17) is 16.0 Å². The Morgan fingerprint density at radius 3 is 2.73 bits per heavy atom. The smallest absolute Gasteiger partial charge is 0.233 e. The minimum atomic E-state index is 0.161. The van der Waals surface area contributed by atoms with Gasteiger partial charge in [0.15, 0.2) is 11.0 Å². The van der Waals surface area contributed by atoms with Gasteiger partial charge in [-0.2, -0.15) is 0 Å². The number of aromatic nitrogens is 3. The van der Waals surface area contributed by atoms with Crippen LogP contribution in [0.15, 0.2) is 52.2 Å². The molecule has 0 aliphatic heterocycles. The zero-order valence-electron chi connectivity index (χ0n) is 17.0. The summed E-state index contributed by atoms with van der Waals surface area (Å²) in [5, 5.41) is 10.1. The molecule has 1 amide bonds. The number of thioether (sulfide) groups is 1. The first-order chi connectivity index (χ1) is 14.6. The average Bonchev–Trinajstić information content (AvgIpc) is 3.25. The van der Waals surface area contributed by atoms with E-state index in [1.165, 1.54) is 24.6 Å². The number of carbonyl (C=O) groups is 1. The summed E-state index contributed by atoms with van der Waals surface area (Å²) in [5.41, 5.74) is 0.915. The van der Waals surface area contributed by atoms with Crippen LogP contribution in [0.25, 0.3) is 11.4 Å². The Bertz CT molecular complexity index is 968. The Labute approximate surface area is 185 Å². The molecule has 6 nitrogen and oxygen atoms in total. The van der Waals surface area contributed by atoms with Crippen LogP contribution in [0.4, 0.5) is 0 Å². The molecule has 4 rings (SSSR count). The van der Waals surface area contributed by atoms with Gasteiger partial charge >= 0.3 is 0 Å². The monoisotopic (exact) mass is 444 g/mol. The highest BCUT2D eigenvalue weighted by atomic mass is 35.5. The van der Waals surface area contributed by atoms with Crippen molar-refractivity contribution < 1.29 is 9.21 Å². The maximum Gasteiger partial charge on any atom is 0.233 e. The Kier molecular flexibility index (Phi) is 6.79. The number of rotatable bonds is 10. The number of hydrogen-bond donors (Lipinski definition) is 0. The van der Waals surface area contributed by atoms with Gasteiger partial charge in [-0.15, -0.1) is 10.2 Å². The quantitative estimate of drug-likeness (QED) is 0.412. The number of benzene rings is 1. The maximum absolute atomic E-state index is 12.8. The number of carbonyl (C=O) groups excluding carboxylic acids is 1. The summed E-state index contributed by atoms with van der Waals surface area (Å²) < 4.78 is 7.53. The predicted molar refractivity (Wildman–Crippen MR) is 119 cm³/mol. The first-order valence-electron chi connectivity index (χ1n) is 10.3. The topological polar surface area (TPSA) is 64.2 Å². The van der Waals surface area contributed by atoms with E-state index >= 15 is 0 Å². The highest BCUT2D eigenvalue weighted by Crippen LogP contribution is 2.30. The fourth-order valence-electron chi connectivity index (χ4n) is 3.33. The van der Waals surface area contributed by atoms with E-state index in [2.05, 4.69) is 17.1 Å². The van der Waals surface area contributed by atoms with E-state index in [9.17, 15) is 4.79 Å². The van der Waals surface area contributed by atoms with Crippen molar-refractivity contribution in [3.63, 3.8) is 0 Å². The number of nitrogens with zero attached hydrogens (tertiary/aromatic N) is 4. The van der Waals surface area contributed by atoms with Crippen LogP contribution in [-0.4, -0.2) is 44.4 Å². The van der Waals surface area contributed by atoms with Crippen molar-refractivity contribution in [3.05, 3.63) is 53.4 Å². The summed E-state index contributed by atoms with van der Waals surface area (Å²) in [6, 6.07) is 11.3. The van der Waals surface area contributed by atoms with Gasteiger partial charge in [0.05, 0.1) is 18.6 Å². The van der Waals surface area contributed by atoms with Gasteiger partial charge in [-0.1, -0.05) is 30.3 Å². The van der Waals surface area contributed by atoms with Gasteiger partial charge in [0.2, 0.25) is 5.91 Å². The minimum absolute atomic E-state index is 0.161. The molecule has 0 spiro atoms. The Hall–Kier alpha value is -2.25. The average molecular weight is 445 g/mol. The number of halogens is 1. The Balaban J connectivity index is 1.53. The molecule has 2 aromatic heterocycles. The SMILES string of the molecule is CCCN(CC1CC1)C(=O)CSc1nnc(-c2ccc(Cl)cc2)n1Cc1ccco1. The van der Waals surface area contributed by atoms with Crippen molar-refractivity contribution in [2.24, 2.45) is 5.92 Å². The second kappa shape index (κ2) is 9.71. The molecule has 1 saturated carbocycles. The minimum Gasteiger partial charge on any atom is -0.467 e. The van der Waals surface area contributed by atoms with Crippen molar-refractivity contribution >= 4 is 29.3 Å². The van der Waals surface area contributed by atoms with Gasteiger partial charge in [-0.05, 0) is 61.6 Å². The molecule has 0 N–H and O–H groups in total. The highest BCUT2D eigenvalue weighted by Gasteiger charge is 2.27. The van der Waals surface area contributed by atoms with E-state index < -0.39 is 0 Å². The second-order valence-electron chi connectivity index (χ2n) is 7.55. The van der Waals surface area contributed by atoms with E-state index in [0.717, 1.165) is 36.7 Å². The third-order valence-corrected chi connectivity index (χ3v) is 6.26. The molecule has 0 radical (unpaired) electrons. The molecule has 0 bridgehead atoms. The van der Waals surface area contributed by atoms with Gasteiger partial charge in [-0.3, -0.25) is 9.36 Å². The molecule has 3 aromatic rings. The van der Waals surface area contributed by atoms with E-state index in [0.29, 0.717) is 28.4 Å². The van der Waals surface area contributed by atoms with Crippen LogP contribution in [0.3, 0.4) is 0 Å². The van der Waals surface area contributed by atoms with Crippen molar-refractivity contribution in [3.8, 4) is 11.4 Å². The molecule has 0 unspecified atom stereocenters. The first-order valence-corrected chi connectivity index (χ1v) is 11.6. The predicted octanol–water partition coefficient (Wildman–Crippen LogP) is 4.98. The number of hydrogen-bond acceptors (Lipinski definition) is 5. The molecule has 158 valence electrons. The van der Waals surface area contributed by atoms with Crippen LogP contribution in [0.5, 0.6) is 0 Å². The lowest BCUT2D eigenvalue weighted by molar-refractivity contribution is -0.128. The zero-order valence-corrected chi connectivity index (χ0v) is 18.5. The molecular weight excluding hydrogens is 420 g/mol. The standard InChI is InChI=1S/C22H25ClN4O2S/c1-2-11-26(13-16-5-6-16)20(28)15-30-22-25-24-21(17-7-9-18(23)10-8-17)27(22)14-19-4-3-12-29-19/h3-4,7-10,12,16H,2,5-6,11,13-15H2,1H3. The molecule has 1 aliphatic carbocycles. The van der Waals surface area contributed by atoms with Crippen LogP contribution in [-0.2, 0) is 11.3 Å². The normalized spacial score (nSPS) is 13.5. The third kappa shape index (κ3) is 5.26. The molecule has 0 saturated heterocycles. The summed E-state index contributed by atoms with van der Waals surface area (Å²) in [4.78, 5) is 14.8. The lowest BCUT2D eigenvalue weighted by Crippen LogP contribution is -2.35. The summed E-state index contributed by atoms with van der Waals surface area (Å²) in [7, 11) is 0. The summed E-state index contributed by atoms with van der Waals surface area (Å²) in [6.07, 6.45) is 5.10. The fourth-order valence-corrected chi connectivity index (χ4v) is 4.29. The molecular formula is C22H25ClN4O2S. The Morgan fingerprint density at radius 1 is 1.27 bits per heavy atom. The number of furan rings is 1. The fraction of sp³-hybridized carbons (Fsp3) is 0.409. The van der Waals surface area contributed by atoms with Crippen LogP contribution in [0, 0.1) is 5.92 Å². The first kappa shape index (κ1) is 21.0. The van der Waals surface area contributed by atoms with Gasteiger partial charge in [-0.25, -0.2) is 0 Å². The number of amides is 1. The van der Waals surface area contributed by atoms with Crippen molar-refractivity contribution in [2.45, 2.75) is 37.9 Å². The molecule has 1 aromatic carbocycles. The van der Waals surface area contributed by atoms with Gasteiger partial charge in [0, 0.05) is 23.7 Å². The molecule has 1 fully saturated rings. The zero-order chi connectivity index (χ0) is 20.9. The van der Waals surface area contributed by atoms with Crippen LogP contribution >= 0.6 is 23.4 Å². The van der Waals surface area contributed by atoms with Crippen molar-refractivity contribution in [1.82, 2.24) is 19.7 Å². The van der Waals surface area contributed by atoms with Gasteiger partial charge in [0.25, 0.3) is 0 Å². The molecule has 1 aliphatic rings. The molecule has 0 atom stereocenters.